The molecule has 1 amide bonds. The van der Waals surface area contributed by atoms with Crippen LogP contribution < -0.4 is 5.32 Å². The van der Waals surface area contributed by atoms with E-state index in [1.807, 2.05) is 24.6 Å². The fraction of sp³-hybridized carbons (Fsp3) is 0.545. The lowest BCUT2D eigenvalue weighted by Gasteiger charge is -2.31. The highest BCUT2D eigenvalue weighted by molar-refractivity contribution is 5.75. The number of rotatable bonds is 7. The Morgan fingerprint density at radius 1 is 1.11 bits per heavy atom. The van der Waals surface area contributed by atoms with Crippen molar-refractivity contribution in [3.63, 3.8) is 0 Å². The van der Waals surface area contributed by atoms with Gasteiger partial charge >= 0.3 is 0 Å². The van der Waals surface area contributed by atoms with Gasteiger partial charge in [0.25, 0.3) is 0 Å². The molecule has 0 radical (unpaired) electrons. The van der Waals surface area contributed by atoms with Crippen LogP contribution in [0.2, 0.25) is 0 Å². The molecule has 1 saturated heterocycles. The molecule has 1 aliphatic heterocycles. The Morgan fingerprint density at radius 3 is 2.44 bits per heavy atom. The summed E-state index contributed by atoms with van der Waals surface area (Å²) in [6.45, 7) is 7.53. The first-order valence-electron chi connectivity index (χ1n) is 10.2. The predicted molar refractivity (Wildman–Crippen MR) is 109 cm³/mol. The maximum atomic E-state index is 12.5. The molecule has 2 heterocycles. The van der Waals surface area contributed by atoms with Crippen molar-refractivity contribution in [2.75, 3.05) is 19.6 Å². The number of benzene rings is 1. The summed E-state index contributed by atoms with van der Waals surface area (Å²) in [7, 11) is 0. The molecule has 3 rings (SSSR count). The third kappa shape index (κ3) is 5.67. The van der Waals surface area contributed by atoms with Gasteiger partial charge in [-0.3, -0.25) is 14.4 Å². The minimum absolute atomic E-state index is 0.0957. The van der Waals surface area contributed by atoms with Crippen molar-refractivity contribution in [2.45, 2.75) is 58.5 Å². The second-order valence-corrected chi connectivity index (χ2v) is 7.58. The summed E-state index contributed by atoms with van der Waals surface area (Å²) in [5.74, 6) is 0.0957. The maximum absolute atomic E-state index is 12.5. The SMILES string of the molecule is Cc1cc(C)n(CCC(=O)NC[C@@H](c2ccccc2)N2CCCCCC2)n1. The molecule has 1 fully saturated rings. The lowest BCUT2D eigenvalue weighted by atomic mass is 10.0. The number of likely N-dealkylation sites (tertiary alicyclic amines) is 1. The summed E-state index contributed by atoms with van der Waals surface area (Å²) < 4.78 is 1.92. The van der Waals surface area contributed by atoms with Gasteiger partial charge in [-0.15, -0.1) is 0 Å². The van der Waals surface area contributed by atoms with Crippen molar-refractivity contribution in [1.82, 2.24) is 20.0 Å². The van der Waals surface area contributed by atoms with Crippen LogP contribution in [0.15, 0.2) is 36.4 Å². The summed E-state index contributed by atoms with van der Waals surface area (Å²) in [4.78, 5) is 15.0. The second kappa shape index (κ2) is 9.70. The largest absolute Gasteiger partial charge is 0.354 e. The Bertz CT molecular complexity index is 717. The first kappa shape index (κ1) is 19.6. The summed E-state index contributed by atoms with van der Waals surface area (Å²) in [6.07, 6.45) is 5.58. The normalized spacial score (nSPS) is 16.7. The average molecular weight is 369 g/mol. The number of aryl methyl sites for hydroxylation is 3. The fourth-order valence-electron chi connectivity index (χ4n) is 3.95. The standard InChI is InChI=1S/C22H32N4O/c1-18-16-19(2)26(24-18)15-12-22(27)23-17-21(20-10-6-5-7-11-20)25-13-8-3-4-9-14-25/h5-7,10-11,16,21H,3-4,8-9,12-15,17H2,1-2H3,(H,23,27)/t21-/m0/s1. The van der Waals surface area contributed by atoms with E-state index in [1.54, 1.807) is 0 Å². The number of carbonyl (C=O) groups excluding carboxylic acids is 1. The van der Waals surface area contributed by atoms with E-state index in [1.165, 1.54) is 31.2 Å². The Kier molecular flexibility index (Phi) is 7.04. The van der Waals surface area contributed by atoms with Crippen molar-refractivity contribution in [2.24, 2.45) is 0 Å². The van der Waals surface area contributed by atoms with E-state index in [2.05, 4.69) is 45.6 Å². The third-order valence-corrected chi connectivity index (χ3v) is 5.41. The molecule has 146 valence electrons. The van der Waals surface area contributed by atoms with Crippen molar-refractivity contribution >= 4 is 5.91 Å². The van der Waals surface area contributed by atoms with Crippen molar-refractivity contribution in [1.29, 1.82) is 0 Å². The van der Waals surface area contributed by atoms with Crippen LogP contribution in [0, 0.1) is 13.8 Å². The van der Waals surface area contributed by atoms with Gasteiger partial charge in [-0.05, 0) is 51.4 Å². The van der Waals surface area contributed by atoms with Crippen molar-refractivity contribution < 1.29 is 4.79 Å². The maximum Gasteiger partial charge on any atom is 0.221 e. The molecule has 0 unspecified atom stereocenters. The monoisotopic (exact) mass is 368 g/mol. The molecule has 27 heavy (non-hydrogen) atoms. The van der Waals surface area contributed by atoms with Crippen LogP contribution in [0.25, 0.3) is 0 Å². The topological polar surface area (TPSA) is 50.2 Å². The summed E-state index contributed by atoms with van der Waals surface area (Å²) in [6, 6.07) is 12.9. The Labute approximate surface area is 162 Å². The molecule has 1 aromatic heterocycles. The van der Waals surface area contributed by atoms with Gasteiger partial charge in [-0.1, -0.05) is 43.2 Å². The molecule has 1 atom stereocenters. The quantitative estimate of drug-likeness (QED) is 0.812. The van der Waals surface area contributed by atoms with E-state index in [-0.39, 0.29) is 11.9 Å². The molecule has 1 N–H and O–H groups in total. The number of carbonyl (C=O) groups is 1. The van der Waals surface area contributed by atoms with E-state index in [4.69, 9.17) is 0 Å². The van der Waals surface area contributed by atoms with Gasteiger partial charge in [-0.2, -0.15) is 5.10 Å². The van der Waals surface area contributed by atoms with Gasteiger partial charge in [0.05, 0.1) is 11.7 Å². The number of nitrogens with zero attached hydrogens (tertiary/aromatic N) is 3. The Balaban J connectivity index is 1.58. The van der Waals surface area contributed by atoms with E-state index in [9.17, 15) is 4.79 Å². The van der Waals surface area contributed by atoms with Crippen LogP contribution >= 0.6 is 0 Å². The smallest absolute Gasteiger partial charge is 0.221 e. The molecule has 5 heteroatoms. The Hall–Kier alpha value is -2.14. The highest BCUT2D eigenvalue weighted by atomic mass is 16.1. The number of aromatic nitrogens is 2. The zero-order valence-electron chi connectivity index (χ0n) is 16.7. The van der Waals surface area contributed by atoms with Crippen LogP contribution in [0.3, 0.4) is 0 Å². The number of hydrogen-bond donors (Lipinski definition) is 1. The summed E-state index contributed by atoms with van der Waals surface area (Å²) in [5, 5.41) is 7.61. The molecule has 0 bridgehead atoms. The average Bonchev–Trinajstić information content (AvgIpc) is 2.86. The van der Waals surface area contributed by atoms with Gasteiger partial charge in [-0.25, -0.2) is 0 Å². The second-order valence-electron chi connectivity index (χ2n) is 7.58. The highest BCUT2D eigenvalue weighted by Crippen LogP contribution is 2.23. The Morgan fingerprint density at radius 2 is 1.81 bits per heavy atom. The molecular formula is C22H32N4O. The number of hydrogen-bond acceptors (Lipinski definition) is 3. The summed E-state index contributed by atoms with van der Waals surface area (Å²) >= 11 is 0. The van der Waals surface area contributed by atoms with Gasteiger partial charge in [0.15, 0.2) is 0 Å². The molecule has 1 aromatic carbocycles. The van der Waals surface area contributed by atoms with Crippen LogP contribution in [0.1, 0.15) is 55.1 Å². The third-order valence-electron chi connectivity index (χ3n) is 5.41. The first-order valence-corrected chi connectivity index (χ1v) is 10.2. The van der Waals surface area contributed by atoms with E-state index >= 15 is 0 Å². The lowest BCUT2D eigenvalue weighted by molar-refractivity contribution is -0.121. The first-order chi connectivity index (χ1) is 13.1. The molecule has 0 aliphatic carbocycles. The van der Waals surface area contributed by atoms with Gasteiger partial charge in [0.1, 0.15) is 0 Å². The van der Waals surface area contributed by atoms with Gasteiger partial charge in [0.2, 0.25) is 5.91 Å². The van der Waals surface area contributed by atoms with Crippen LogP contribution in [0.5, 0.6) is 0 Å². The molecule has 1 aliphatic rings. The highest BCUT2D eigenvalue weighted by Gasteiger charge is 2.22. The minimum Gasteiger partial charge on any atom is -0.354 e. The molecule has 0 saturated carbocycles. The van der Waals surface area contributed by atoms with Gasteiger partial charge in [0, 0.05) is 25.2 Å². The van der Waals surface area contributed by atoms with Crippen LogP contribution in [-0.4, -0.2) is 40.2 Å². The molecular weight excluding hydrogens is 336 g/mol. The zero-order chi connectivity index (χ0) is 19.1. The fourth-order valence-corrected chi connectivity index (χ4v) is 3.95. The van der Waals surface area contributed by atoms with Crippen LogP contribution in [-0.2, 0) is 11.3 Å². The number of nitrogens with one attached hydrogen (secondary N) is 1. The van der Waals surface area contributed by atoms with Crippen LogP contribution in [0.4, 0.5) is 0 Å². The number of amides is 1. The molecule has 0 spiro atoms. The zero-order valence-corrected chi connectivity index (χ0v) is 16.7. The minimum atomic E-state index is 0.0957. The molecule has 2 aromatic rings. The lowest BCUT2D eigenvalue weighted by Crippen LogP contribution is -2.38. The van der Waals surface area contributed by atoms with E-state index in [0.29, 0.717) is 19.5 Å². The van der Waals surface area contributed by atoms with Gasteiger partial charge < -0.3 is 5.32 Å². The summed E-state index contributed by atoms with van der Waals surface area (Å²) in [5.41, 5.74) is 3.39. The molecule has 5 nitrogen and oxygen atoms in total. The predicted octanol–water partition coefficient (Wildman–Crippen LogP) is 3.62. The van der Waals surface area contributed by atoms with E-state index < -0.39 is 0 Å². The van der Waals surface area contributed by atoms with Crippen molar-refractivity contribution in [3.05, 3.63) is 53.3 Å². The van der Waals surface area contributed by atoms with Crippen molar-refractivity contribution in [3.8, 4) is 0 Å². The van der Waals surface area contributed by atoms with E-state index in [0.717, 1.165) is 24.5 Å².